The van der Waals surface area contributed by atoms with E-state index < -0.39 is 11.9 Å². The molecule has 1 unspecified atom stereocenters. The molecule has 0 fully saturated rings. The van der Waals surface area contributed by atoms with E-state index >= 15 is 0 Å². The first kappa shape index (κ1) is 20.7. The Morgan fingerprint density at radius 2 is 1.74 bits per heavy atom. The van der Waals surface area contributed by atoms with Gasteiger partial charge in [-0.3, -0.25) is 4.90 Å². The third kappa shape index (κ3) is 5.69. The van der Waals surface area contributed by atoms with Crippen LogP contribution < -0.4 is 0 Å². The van der Waals surface area contributed by atoms with Gasteiger partial charge in [-0.15, -0.1) is 0 Å². The predicted octanol–water partition coefficient (Wildman–Crippen LogP) is 3.40. The van der Waals surface area contributed by atoms with E-state index in [0.717, 1.165) is 6.54 Å². The molecule has 27 heavy (non-hydrogen) atoms. The summed E-state index contributed by atoms with van der Waals surface area (Å²) in [6.07, 6.45) is 7.08. The van der Waals surface area contributed by atoms with Crippen molar-refractivity contribution < 1.29 is 19.8 Å². The van der Waals surface area contributed by atoms with E-state index in [1.54, 1.807) is 0 Å². The molecule has 0 saturated carbocycles. The molecular weight excluding hydrogens is 344 g/mol. The minimum Gasteiger partial charge on any atom is -0.478 e. The Hall–Kier alpha value is -2.60. The molecule has 0 amide bonds. The summed E-state index contributed by atoms with van der Waals surface area (Å²) in [6.45, 7) is 8.18. The lowest BCUT2D eigenvalue weighted by Gasteiger charge is -2.35. The zero-order chi connectivity index (χ0) is 19.8. The standard InChI is InChI=1S/C17H24N2.C4H4O4/c1-3-9-18(10-4-2)16-12-15-7-5-6-14-8-11-19(13-16)17(14)15;5-3(6)1-2-4(7)8/h5-8,11,16H,3-4,9-10,12-13H2,1-2H3;1-2H,(H,5,6)(H,7,8)/b;2-1+. The summed E-state index contributed by atoms with van der Waals surface area (Å²) in [7, 11) is 0. The van der Waals surface area contributed by atoms with Gasteiger partial charge < -0.3 is 14.8 Å². The van der Waals surface area contributed by atoms with Crippen LogP contribution in [0, 0.1) is 0 Å². The number of aromatic nitrogens is 1. The van der Waals surface area contributed by atoms with Gasteiger partial charge in [-0.1, -0.05) is 32.0 Å². The molecule has 1 atom stereocenters. The number of hydrogen-bond donors (Lipinski definition) is 2. The topological polar surface area (TPSA) is 82.8 Å². The normalized spacial score (nSPS) is 15.7. The number of carboxylic acids is 2. The molecule has 2 N–H and O–H groups in total. The fourth-order valence-electron chi connectivity index (χ4n) is 3.64. The Balaban J connectivity index is 0.000000279. The van der Waals surface area contributed by atoms with Crippen LogP contribution in [0.4, 0.5) is 0 Å². The maximum atomic E-state index is 9.55. The second-order valence-corrected chi connectivity index (χ2v) is 6.73. The van der Waals surface area contributed by atoms with Gasteiger partial charge in [-0.25, -0.2) is 9.59 Å². The van der Waals surface area contributed by atoms with E-state index in [2.05, 4.69) is 53.8 Å². The van der Waals surface area contributed by atoms with Crippen LogP contribution in [-0.2, 0) is 22.6 Å². The van der Waals surface area contributed by atoms with E-state index in [1.165, 1.54) is 48.8 Å². The summed E-state index contributed by atoms with van der Waals surface area (Å²) < 4.78 is 2.46. The number of rotatable bonds is 7. The highest BCUT2D eigenvalue weighted by Crippen LogP contribution is 2.28. The van der Waals surface area contributed by atoms with Crippen LogP contribution in [0.3, 0.4) is 0 Å². The number of nitrogens with zero attached hydrogens (tertiary/aromatic N) is 2. The lowest BCUT2D eigenvalue weighted by molar-refractivity contribution is -0.134. The minimum atomic E-state index is -1.26. The zero-order valence-corrected chi connectivity index (χ0v) is 16.0. The molecule has 1 aliphatic rings. The smallest absolute Gasteiger partial charge is 0.328 e. The van der Waals surface area contributed by atoms with Gasteiger partial charge in [-0.05, 0) is 49.4 Å². The van der Waals surface area contributed by atoms with Crippen molar-refractivity contribution in [3.63, 3.8) is 0 Å². The lowest BCUT2D eigenvalue weighted by Crippen LogP contribution is -2.42. The summed E-state index contributed by atoms with van der Waals surface area (Å²) in [6, 6.07) is 9.66. The molecule has 0 radical (unpaired) electrons. The van der Waals surface area contributed by atoms with Gasteiger partial charge in [0.2, 0.25) is 0 Å². The highest BCUT2D eigenvalue weighted by molar-refractivity contribution is 5.89. The molecule has 1 aromatic carbocycles. The molecular formula is C21H28N2O4. The Morgan fingerprint density at radius 3 is 2.30 bits per heavy atom. The van der Waals surface area contributed by atoms with Gasteiger partial charge in [0.25, 0.3) is 0 Å². The largest absolute Gasteiger partial charge is 0.478 e. The molecule has 0 saturated heterocycles. The first-order valence-corrected chi connectivity index (χ1v) is 9.41. The monoisotopic (exact) mass is 372 g/mol. The van der Waals surface area contributed by atoms with Crippen molar-refractivity contribution in [3.05, 3.63) is 48.2 Å². The van der Waals surface area contributed by atoms with Crippen LogP contribution in [0.25, 0.3) is 10.9 Å². The molecule has 1 aromatic heterocycles. The molecule has 0 spiro atoms. The molecule has 3 rings (SSSR count). The predicted molar refractivity (Wildman–Crippen MR) is 106 cm³/mol. The van der Waals surface area contributed by atoms with Crippen LogP contribution in [0.15, 0.2) is 42.6 Å². The molecule has 0 aliphatic carbocycles. The SMILES string of the molecule is CCCN(CCC)C1Cc2cccc3ccn(c23)C1.O=C(O)/C=C/C(=O)O. The highest BCUT2D eigenvalue weighted by atomic mass is 16.4. The Bertz CT molecular complexity index is 788. The first-order chi connectivity index (χ1) is 13.0. The van der Waals surface area contributed by atoms with Crippen molar-refractivity contribution in [2.75, 3.05) is 13.1 Å². The molecule has 2 aromatic rings. The summed E-state index contributed by atoms with van der Waals surface area (Å²) in [5.74, 6) is -2.51. The molecule has 6 nitrogen and oxygen atoms in total. The number of aliphatic carboxylic acids is 2. The van der Waals surface area contributed by atoms with Gasteiger partial charge in [0, 0.05) is 30.9 Å². The molecule has 2 heterocycles. The third-order valence-electron chi connectivity index (χ3n) is 4.64. The van der Waals surface area contributed by atoms with Crippen molar-refractivity contribution in [3.8, 4) is 0 Å². The maximum Gasteiger partial charge on any atom is 0.328 e. The van der Waals surface area contributed by atoms with Gasteiger partial charge in [-0.2, -0.15) is 0 Å². The fraction of sp³-hybridized carbons (Fsp3) is 0.429. The van der Waals surface area contributed by atoms with Gasteiger partial charge in [0.05, 0.1) is 5.52 Å². The Morgan fingerprint density at radius 1 is 1.11 bits per heavy atom. The number of benzene rings is 1. The second-order valence-electron chi connectivity index (χ2n) is 6.73. The van der Waals surface area contributed by atoms with Gasteiger partial charge in [0.15, 0.2) is 0 Å². The fourth-order valence-corrected chi connectivity index (χ4v) is 3.64. The van der Waals surface area contributed by atoms with Gasteiger partial charge >= 0.3 is 11.9 Å². The minimum absolute atomic E-state index is 0.558. The highest BCUT2D eigenvalue weighted by Gasteiger charge is 2.24. The summed E-state index contributed by atoms with van der Waals surface area (Å²) in [4.78, 5) is 21.8. The van der Waals surface area contributed by atoms with Crippen LogP contribution in [0.2, 0.25) is 0 Å². The summed E-state index contributed by atoms with van der Waals surface area (Å²) in [5.41, 5.74) is 2.99. The maximum absolute atomic E-state index is 9.55. The molecule has 6 heteroatoms. The summed E-state index contributed by atoms with van der Waals surface area (Å²) >= 11 is 0. The Labute approximate surface area is 159 Å². The van der Waals surface area contributed by atoms with E-state index in [-0.39, 0.29) is 0 Å². The van der Waals surface area contributed by atoms with Crippen LogP contribution in [0.5, 0.6) is 0 Å². The molecule has 0 bridgehead atoms. The summed E-state index contributed by atoms with van der Waals surface area (Å²) in [5, 5.41) is 17.0. The van der Waals surface area contributed by atoms with Crippen molar-refractivity contribution >= 4 is 22.8 Å². The van der Waals surface area contributed by atoms with E-state index in [0.29, 0.717) is 18.2 Å². The van der Waals surface area contributed by atoms with Crippen molar-refractivity contribution in [2.45, 2.75) is 45.7 Å². The van der Waals surface area contributed by atoms with Crippen molar-refractivity contribution in [1.29, 1.82) is 0 Å². The van der Waals surface area contributed by atoms with Crippen molar-refractivity contribution in [1.82, 2.24) is 9.47 Å². The Kier molecular flexibility index (Phi) is 7.61. The number of para-hydroxylation sites is 1. The second kappa shape index (κ2) is 9.92. The molecule has 1 aliphatic heterocycles. The van der Waals surface area contributed by atoms with Crippen LogP contribution in [-0.4, -0.2) is 50.8 Å². The number of carbonyl (C=O) groups is 2. The quantitative estimate of drug-likeness (QED) is 0.728. The molecule has 146 valence electrons. The van der Waals surface area contributed by atoms with E-state index in [4.69, 9.17) is 10.2 Å². The third-order valence-corrected chi connectivity index (χ3v) is 4.64. The zero-order valence-electron chi connectivity index (χ0n) is 16.0. The first-order valence-electron chi connectivity index (χ1n) is 9.41. The average molecular weight is 372 g/mol. The van der Waals surface area contributed by atoms with Crippen LogP contribution >= 0.6 is 0 Å². The lowest BCUT2D eigenvalue weighted by atomic mass is 9.98. The number of hydrogen-bond acceptors (Lipinski definition) is 3. The van der Waals surface area contributed by atoms with E-state index in [9.17, 15) is 9.59 Å². The average Bonchev–Trinajstić information content (AvgIpc) is 3.05. The van der Waals surface area contributed by atoms with Gasteiger partial charge in [0.1, 0.15) is 0 Å². The van der Waals surface area contributed by atoms with E-state index in [1.807, 2.05) is 0 Å². The number of carboxylic acid groups (broad SMARTS) is 2. The van der Waals surface area contributed by atoms with Crippen LogP contribution in [0.1, 0.15) is 32.3 Å². The van der Waals surface area contributed by atoms with Crippen molar-refractivity contribution in [2.24, 2.45) is 0 Å².